The highest BCUT2D eigenvalue weighted by Gasteiger charge is 2.03. The lowest BCUT2D eigenvalue weighted by Crippen LogP contribution is -2.11. The third-order valence-electron chi connectivity index (χ3n) is 2.96. The number of nitrogens with zero attached hydrogens (tertiary/aromatic N) is 1. The Morgan fingerprint density at radius 1 is 1.44 bits per heavy atom. The summed E-state index contributed by atoms with van der Waals surface area (Å²) in [4.78, 5) is 13.6. The minimum atomic E-state index is -0.127. The Labute approximate surface area is 99.8 Å². The first kappa shape index (κ1) is 11.3. The first-order chi connectivity index (χ1) is 7.75. The molecule has 1 heterocycles. The molecule has 3 nitrogen and oxygen atoms in total. The van der Waals surface area contributed by atoms with E-state index in [-0.39, 0.29) is 5.56 Å². The summed E-state index contributed by atoms with van der Waals surface area (Å²) in [6.45, 7) is 0.863. The van der Waals surface area contributed by atoms with Gasteiger partial charge in [0, 0.05) is 18.8 Å². The second-order valence-electron chi connectivity index (χ2n) is 4.16. The van der Waals surface area contributed by atoms with Gasteiger partial charge in [-0.25, -0.2) is 0 Å². The Balaban J connectivity index is 2.02. The summed E-state index contributed by atoms with van der Waals surface area (Å²) in [5, 5.41) is 0. The molecule has 0 amide bonds. The van der Waals surface area contributed by atoms with E-state index >= 15 is 0 Å². The molecule has 1 aromatic heterocycles. The predicted octanol–water partition coefficient (Wildman–Crippen LogP) is 2.80. The van der Waals surface area contributed by atoms with E-state index in [1.807, 2.05) is 4.57 Å². The van der Waals surface area contributed by atoms with Gasteiger partial charge in [-0.15, -0.1) is 0 Å². The summed E-state index contributed by atoms with van der Waals surface area (Å²) in [5.41, 5.74) is 1.40. The van der Waals surface area contributed by atoms with E-state index in [4.69, 9.17) is 12.2 Å². The number of H-pyrrole nitrogens is 1. The number of aromatic nitrogens is 2. The van der Waals surface area contributed by atoms with Crippen molar-refractivity contribution in [2.45, 2.75) is 38.6 Å². The smallest absolute Gasteiger partial charge is 0.251 e. The molecule has 16 heavy (non-hydrogen) atoms. The summed E-state index contributed by atoms with van der Waals surface area (Å²) in [7, 11) is 0. The lowest BCUT2D eigenvalue weighted by Gasteiger charge is -2.13. The van der Waals surface area contributed by atoms with Gasteiger partial charge in [0.15, 0.2) is 4.77 Å². The number of hydrogen-bond acceptors (Lipinski definition) is 2. The fourth-order valence-corrected chi connectivity index (χ4v) is 2.27. The van der Waals surface area contributed by atoms with E-state index in [2.05, 4.69) is 11.1 Å². The van der Waals surface area contributed by atoms with Gasteiger partial charge in [0.25, 0.3) is 5.56 Å². The molecule has 1 aromatic rings. The fraction of sp³-hybridized carbons (Fsp3) is 0.500. The number of aromatic amines is 1. The lowest BCUT2D eigenvalue weighted by molar-refractivity contribution is 0.611. The fourth-order valence-electron chi connectivity index (χ4n) is 2.02. The molecular weight excluding hydrogens is 220 g/mol. The second-order valence-corrected chi connectivity index (χ2v) is 4.55. The minimum Gasteiger partial charge on any atom is -0.325 e. The van der Waals surface area contributed by atoms with Crippen LogP contribution in [-0.2, 0) is 6.54 Å². The third kappa shape index (κ3) is 2.92. The van der Waals surface area contributed by atoms with Crippen molar-refractivity contribution >= 4 is 12.2 Å². The number of hydrogen-bond donors (Lipinski definition) is 1. The molecular formula is C12H16N2OS. The van der Waals surface area contributed by atoms with Gasteiger partial charge in [-0.05, 0) is 44.3 Å². The standard InChI is InChI=1S/C12H16N2OS/c15-11-7-9-14(12(16)13-11)8-6-10-4-2-1-3-5-10/h4,7,9H,1-3,5-6,8H2,(H,13,15,16). The monoisotopic (exact) mass is 236 g/mol. The van der Waals surface area contributed by atoms with Gasteiger partial charge >= 0.3 is 0 Å². The van der Waals surface area contributed by atoms with Crippen LogP contribution >= 0.6 is 12.2 Å². The highest BCUT2D eigenvalue weighted by Crippen LogP contribution is 2.20. The molecule has 0 bridgehead atoms. The zero-order chi connectivity index (χ0) is 11.4. The highest BCUT2D eigenvalue weighted by atomic mass is 32.1. The Bertz CT molecular complexity index is 498. The van der Waals surface area contributed by atoms with E-state index in [0.717, 1.165) is 13.0 Å². The van der Waals surface area contributed by atoms with Crippen LogP contribution in [0.25, 0.3) is 0 Å². The highest BCUT2D eigenvalue weighted by molar-refractivity contribution is 7.71. The molecule has 0 radical (unpaired) electrons. The van der Waals surface area contributed by atoms with Crippen LogP contribution in [0.15, 0.2) is 28.7 Å². The molecule has 0 unspecified atom stereocenters. The molecule has 0 fully saturated rings. The molecule has 1 aliphatic rings. The molecule has 0 aromatic carbocycles. The number of aryl methyl sites for hydroxylation is 1. The van der Waals surface area contributed by atoms with Crippen LogP contribution in [0, 0.1) is 4.77 Å². The molecule has 0 saturated heterocycles. The molecule has 2 rings (SSSR count). The molecule has 0 atom stereocenters. The maximum absolute atomic E-state index is 11.0. The maximum Gasteiger partial charge on any atom is 0.251 e. The van der Waals surface area contributed by atoms with Crippen LogP contribution in [0.5, 0.6) is 0 Å². The Morgan fingerprint density at radius 3 is 3.00 bits per heavy atom. The van der Waals surface area contributed by atoms with E-state index in [9.17, 15) is 4.79 Å². The Morgan fingerprint density at radius 2 is 2.31 bits per heavy atom. The Kier molecular flexibility index (Phi) is 3.72. The van der Waals surface area contributed by atoms with Gasteiger partial charge in [-0.1, -0.05) is 11.6 Å². The second kappa shape index (κ2) is 5.25. The number of rotatable bonds is 3. The van der Waals surface area contributed by atoms with E-state index in [1.165, 1.54) is 37.3 Å². The summed E-state index contributed by atoms with van der Waals surface area (Å²) < 4.78 is 2.44. The van der Waals surface area contributed by atoms with Crippen LogP contribution in [0.1, 0.15) is 32.1 Å². The van der Waals surface area contributed by atoms with E-state index in [0.29, 0.717) is 4.77 Å². The van der Waals surface area contributed by atoms with Crippen molar-refractivity contribution in [2.24, 2.45) is 0 Å². The summed E-state index contributed by atoms with van der Waals surface area (Å²) in [6.07, 6.45) is 10.2. The van der Waals surface area contributed by atoms with Crippen molar-refractivity contribution in [1.82, 2.24) is 9.55 Å². The zero-order valence-corrected chi connectivity index (χ0v) is 10.1. The topological polar surface area (TPSA) is 37.8 Å². The number of nitrogens with one attached hydrogen (secondary N) is 1. The van der Waals surface area contributed by atoms with Gasteiger partial charge < -0.3 is 4.57 Å². The van der Waals surface area contributed by atoms with Gasteiger partial charge in [-0.3, -0.25) is 9.78 Å². The van der Waals surface area contributed by atoms with Crippen molar-refractivity contribution in [3.63, 3.8) is 0 Å². The lowest BCUT2D eigenvalue weighted by atomic mass is 9.97. The summed E-state index contributed by atoms with van der Waals surface area (Å²) >= 11 is 5.09. The normalized spacial score (nSPS) is 15.9. The molecule has 0 spiro atoms. The predicted molar refractivity (Wildman–Crippen MR) is 67.1 cm³/mol. The average Bonchev–Trinajstić information content (AvgIpc) is 2.29. The van der Waals surface area contributed by atoms with Crippen molar-refractivity contribution in [1.29, 1.82) is 0 Å². The molecule has 4 heteroatoms. The van der Waals surface area contributed by atoms with E-state index < -0.39 is 0 Å². The van der Waals surface area contributed by atoms with Crippen LogP contribution in [-0.4, -0.2) is 9.55 Å². The Hall–Kier alpha value is -1.16. The molecule has 1 N–H and O–H groups in total. The van der Waals surface area contributed by atoms with Crippen LogP contribution in [0.3, 0.4) is 0 Å². The molecule has 86 valence electrons. The third-order valence-corrected chi connectivity index (χ3v) is 3.29. The molecule has 1 aliphatic carbocycles. The average molecular weight is 236 g/mol. The van der Waals surface area contributed by atoms with Gasteiger partial charge in [-0.2, -0.15) is 0 Å². The maximum atomic E-state index is 11.0. The van der Waals surface area contributed by atoms with E-state index in [1.54, 1.807) is 6.20 Å². The first-order valence-electron chi connectivity index (χ1n) is 5.73. The number of allylic oxidation sites excluding steroid dienone is 2. The van der Waals surface area contributed by atoms with Crippen molar-refractivity contribution < 1.29 is 0 Å². The summed E-state index contributed by atoms with van der Waals surface area (Å²) in [6, 6.07) is 1.52. The van der Waals surface area contributed by atoms with Gasteiger partial charge in [0.05, 0.1) is 0 Å². The van der Waals surface area contributed by atoms with Crippen LogP contribution in [0.4, 0.5) is 0 Å². The quantitative estimate of drug-likeness (QED) is 0.647. The zero-order valence-electron chi connectivity index (χ0n) is 9.24. The minimum absolute atomic E-state index is 0.127. The van der Waals surface area contributed by atoms with Gasteiger partial charge in [0.2, 0.25) is 0 Å². The summed E-state index contributed by atoms with van der Waals surface area (Å²) in [5.74, 6) is 0. The van der Waals surface area contributed by atoms with Crippen molar-refractivity contribution in [3.05, 3.63) is 39.0 Å². The van der Waals surface area contributed by atoms with Crippen molar-refractivity contribution in [2.75, 3.05) is 0 Å². The van der Waals surface area contributed by atoms with Crippen molar-refractivity contribution in [3.8, 4) is 0 Å². The van der Waals surface area contributed by atoms with Crippen LogP contribution < -0.4 is 5.56 Å². The first-order valence-corrected chi connectivity index (χ1v) is 6.14. The largest absolute Gasteiger partial charge is 0.325 e. The van der Waals surface area contributed by atoms with Crippen LogP contribution in [0.2, 0.25) is 0 Å². The SMILES string of the molecule is O=c1ccn(CCC2=CCCCC2)c(=S)[nH]1. The molecule has 0 saturated carbocycles. The van der Waals surface area contributed by atoms with Gasteiger partial charge in [0.1, 0.15) is 0 Å². The molecule has 0 aliphatic heterocycles.